The molecular weight excluding hydrogens is 232 g/mol. The third-order valence-electron chi connectivity index (χ3n) is 3.46. The zero-order valence-corrected chi connectivity index (χ0v) is 12.5. The summed E-state index contributed by atoms with van der Waals surface area (Å²) < 4.78 is 0. The Morgan fingerprint density at radius 2 is 1.68 bits per heavy atom. The minimum absolute atomic E-state index is 0.385. The van der Waals surface area contributed by atoms with Crippen LogP contribution in [0, 0.1) is 6.92 Å². The zero-order chi connectivity index (χ0) is 13.9. The molecule has 0 unspecified atom stereocenters. The van der Waals surface area contributed by atoms with Gasteiger partial charge in [0.15, 0.2) is 0 Å². The normalized spacial score (nSPS) is 11.3. The first-order chi connectivity index (χ1) is 9.24. The third-order valence-corrected chi connectivity index (χ3v) is 3.46. The van der Waals surface area contributed by atoms with E-state index in [1.54, 1.807) is 0 Å². The van der Waals surface area contributed by atoms with Gasteiger partial charge < -0.3 is 5.11 Å². The molecule has 0 amide bonds. The van der Waals surface area contributed by atoms with Crippen molar-refractivity contribution >= 4 is 6.08 Å². The van der Waals surface area contributed by atoms with Crippen molar-refractivity contribution in [3.63, 3.8) is 0 Å². The highest BCUT2D eigenvalue weighted by molar-refractivity contribution is 5.57. The molecule has 1 aromatic carbocycles. The highest BCUT2D eigenvalue weighted by Gasteiger charge is 1.96. The first-order valence-corrected chi connectivity index (χ1v) is 7.70. The fourth-order valence-electron chi connectivity index (χ4n) is 2.22. The van der Waals surface area contributed by atoms with E-state index in [0.29, 0.717) is 5.75 Å². The summed E-state index contributed by atoms with van der Waals surface area (Å²) in [6, 6.07) is 5.83. The third kappa shape index (κ3) is 7.05. The highest BCUT2D eigenvalue weighted by atomic mass is 16.3. The molecule has 0 saturated carbocycles. The van der Waals surface area contributed by atoms with Crippen LogP contribution in [0.4, 0.5) is 0 Å². The number of hydrogen-bond acceptors (Lipinski definition) is 1. The number of aromatic hydroxyl groups is 1. The maximum Gasteiger partial charge on any atom is 0.123 e. The number of phenols is 1. The summed E-state index contributed by atoms with van der Waals surface area (Å²) in [6.45, 7) is 4.25. The molecule has 0 bridgehead atoms. The molecule has 0 saturated heterocycles. The van der Waals surface area contributed by atoms with Crippen LogP contribution in [0.1, 0.15) is 69.4 Å². The van der Waals surface area contributed by atoms with E-state index in [1.807, 2.05) is 31.2 Å². The fourth-order valence-corrected chi connectivity index (χ4v) is 2.22. The number of rotatable bonds is 9. The Morgan fingerprint density at radius 1 is 1.00 bits per heavy atom. The number of benzene rings is 1. The van der Waals surface area contributed by atoms with Crippen molar-refractivity contribution in [2.45, 2.75) is 65.2 Å². The second kappa shape index (κ2) is 9.66. The van der Waals surface area contributed by atoms with E-state index in [9.17, 15) is 5.11 Å². The maximum atomic E-state index is 9.76. The fraction of sp³-hybridized carbons (Fsp3) is 0.556. The molecule has 0 spiro atoms. The van der Waals surface area contributed by atoms with Crippen molar-refractivity contribution < 1.29 is 5.11 Å². The van der Waals surface area contributed by atoms with E-state index in [2.05, 4.69) is 13.0 Å². The van der Waals surface area contributed by atoms with Crippen LogP contribution in [0.15, 0.2) is 24.3 Å². The Bertz CT molecular complexity index is 379. The molecule has 0 aliphatic rings. The summed E-state index contributed by atoms with van der Waals surface area (Å²) in [6.07, 6.45) is 14.8. The van der Waals surface area contributed by atoms with E-state index in [0.717, 1.165) is 17.5 Å². The molecule has 0 radical (unpaired) electrons. The van der Waals surface area contributed by atoms with Crippen LogP contribution in [0.25, 0.3) is 6.08 Å². The number of allylic oxidation sites excluding steroid dienone is 1. The molecule has 0 atom stereocenters. The Morgan fingerprint density at radius 3 is 2.37 bits per heavy atom. The van der Waals surface area contributed by atoms with E-state index in [-0.39, 0.29) is 0 Å². The minimum Gasteiger partial charge on any atom is -0.507 e. The lowest BCUT2D eigenvalue weighted by atomic mass is 10.1. The van der Waals surface area contributed by atoms with Gasteiger partial charge >= 0.3 is 0 Å². The number of unbranched alkanes of at least 4 members (excludes halogenated alkanes) is 7. The summed E-state index contributed by atoms with van der Waals surface area (Å²) in [5, 5.41) is 9.76. The van der Waals surface area contributed by atoms with Crippen LogP contribution in [0.2, 0.25) is 0 Å². The molecule has 0 aromatic heterocycles. The Labute approximate surface area is 118 Å². The van der Waals surface area contributed by atoms with Gasteiger partial charge in [-0.2, -0.15) is 0 Å². The second-order valence-electron chi connectivity index (χ2n) is 5.37. The summed E-state index contributed by atoms with van der Waals surface area (Å²) >= 11 is 0. The standard InChI is InChI=1S/C18H28O/c1-3-4-5-6-7-8-9-10-11-12-17-14-13-16(2)15-18(17)19/h11-15,19H,3-10H2,1-2H3. The van der Waals surface area contributed by atoms with E-state index in [1.165, 1.54) is 44.9 Å². The molecule has 0 aliphatic heterocycles. The average molecular weight is 260 g/mol. The summed E-state index contributed by atoms with van der Waals surface area (Å²) in [7, 11) is 0. The van der Waals surface area contributed by atoms with Crippen LogP contribution < -0.4 is 0 Å². The van der Waals surface area contributed by atoms with Crippen molar-refractivity contribution in [2.75, 3.05) is 0 Å². The minimum atomic E-state index is 0.385. The first kappa shape index (κ1) is 15.8. The second-order valence-corrected chi connectivity index (χ2v) is 5.37. The summed E-state index contributed by atoms with van der Waals surface area (Å²) in [5.74, 6) is 0.385. The van der Waals surface area contributed by atoms with Crippen LogP contribution in [0.3, 0.4) is 0 Å². The molecular formula is C18H28O. The van der Waals surface area contributed by atoms with Crippen molar-refractivity contribution in [3.8, 4) is 5.75 Å². The van der Waals surface area contributed by atoms with Crippen molar-refractivity contribution in [3.05, 3.63) is 35.4 Å². The Kier molecular flexibility index (Phi) is 8.04. The zero-order valence-electron chi connectivity index (χ0n) is 12.5. The van der Waals surface area contributed by atoms with E-state index >= 15 is 0 Å². The first-order valence-electron chi connectivity index (χ1n) is 7.70. The van der Waals surface area contributed by atoms with E-state index < -0.39 is 0 Å². The molecule has 1 heteroatoms. The smallest absolute Gasteiger partial charge is 0.123 e. The van der Waals surface area contributed by atoms with Crippen molar-refractivity contribution in [2.24, 2.45) is 0 Å². The molecule has 1 nitrogen and oxygen atoms in total. The lowest BCUT2D eigenvalue weighted by molar-refractivity contribution is 0.473. The Balaban J connectivity index is 2.13. The predicted molar refractivity (Wildman–Crippen MR) is 84.5 cm³/mol. The van der Waals surface area contributed by atoms with Gasteiger partial charge in [-0.15, -0.1) is 0 Å². The molecule has 1 aromatic rings. The lowest BCUT2D eigenvalue weighted by Crippen LogP contribution is -1.79. The van der Waals surface area contributed by atoms with Crippen LogP contribution in [-0.4, -0.2) is 5.11 Å². The number of aryl methyl sites for hydroxylation is 1. The largest absolute Gasteiger partial charge is 0.507 e. The number of phenolic OH excluding ortho intramolecular Hbond substituents is 1. The molecule has 0 heterocycles. The molecule has 1 rings (SSSR count). The molecule has 0 aliphatic carbocycles. The van der Waals surface area contributed by atoms with Crippen LogP contribution in [0.5, 0.6) is 5.75 Å². The van der Waals surface area contributed by atoms with Gasteiger partial charge in [-0.05, 0) is 31.4 Å². The molecule has 0 fully saturated rings. The average Bonchev–Trinajstić information content (AvgIpc) is 2.39. The Hall–Kier alpha value is -1.24. The van der Waals surface area contributed by atoms with Gasteiger partial charge in [-0.1, -0.05) is 69.7 Å². The quantitative estimate of drug-likeness (QED) is 0.552. The van der Waals surface area contributed by atoms with Gasteiger partial charge in [-0.3, -0.25) is 0 Å². The molecule has 1 N–H and O–H groups in total. The van der Waals surface area contributed by atoms with Gasteiger partial charge in [0, 0.05) is 5.56 Å². The maximum absolute atomic E-state index is 9.76. The number of hydrogen-bond donors (Lipinski definition) is 1. The lowest BCUT2D eigenvalue weighted by Gasteiger charge is -2.01. The van der Waals surface area contributed by atoms with Gasteiger partial charge in [0.2, 0.25) is 0 Å². The highest BCUT2D eigenvalue weighted by Crippen LogP contribution is 2.20. The summed E-state index contributed by atoms with van der Waals surface area (Å²) in [4.78, 5) is 0. The topological polar surface area (TPSA) is 20.2 Å². The van der Waals surface area contributed by atoms with Crippen molar-refractivity contribution in [1.82, 2.24) is 0 Å². The summed E-state index contributed by atoms with van der Waals surface area (Å²) in [5.41, 5.74) is 2.02. The predicted octanol–water partition coefficient (Wildman–Crippen LogP) is 5.85. The van der Waals surface area contributed by atoms with Crippen molar-refractivity contribution in [1.29, 1.82) is 0 Å². The van der Waals surface area contributed by atoms with Gasteiger partial charge in [-0.25, -0.2) is 0 Å². The van der Waals surface area contributed by atoms with Crippen LogP contribution >= 0.6 is 0 Å². The monoisotopic (exact) mass is 260 g/mol. The van der Waals surface area contributed by atoms with Crippen LogP contribution in [-0.2, 0) is 0 Å². The molecule has 19 heavy (non-hydrogen) atoms. The SMILES string of the molecule is CCCCCCCCCC=Cc1ccc(C)cc1O. The van der Waals surface area contributed by atoms with Gasteiger partial charge in [0.05, 0.1) is 0 Å². The van der Waals surface area contributed by atoms with E-state index in [4.69, 9.17) is 0 Å². The molecule has 106 valence electrons. The van der Waals surface area contributed by atoms with Gasteiger partial charge in [0.25, 0.3) is 0 Å². The van der Waals surface area contributed by atoms with Gasteiger partial charge in [0.1, 0.15) is 5.75 Å².